The van der Waals surface area contributed by atoms with Crippen molar-refractivity contribution in [1.82, 2.24) is 31.7 Å². The molecule has 278 valence electrons. The van der Waals surface area contributed by atoms with Gasteiger partial charge in [-0.3, -0.25) is 24.0 Å². The lowest BCUT2D eigenvalue weighted by Crippen LogP contribution is -2.59. The molecule has 0 radical (unpaired) electrons. The van der Waals surface area contributed by atoms with Crippen LogP contribution in [-0.4, -0.2) is 71.0 Å². The Labute approximate surface area is 304 Å². The van der Waals surface area contributed by atoms with E-state index in [0.717, 1.165) is 16.7 Å². The van der Waals surface area contributed by atoms with Crippen molar-refractivity contribution in [2.45, 2.75) is 109 Å². The number of carbonyl (C=O) groups excluding carboxylic acids is 5. The molecule has 6 rings (SSSR count). The molecule has 2 aromatic carbocycles. The number of amides is 5. The third-order valence-electron chi connectivity index (χ3n) is 9.56. The summed E-state index contributed by atoms with van der Waals surface area (Å²) >= 11 is 0. The van der Waals surface area contributed by atoms with Crippen LogP contribution in [0.4, 0.5) is 0 Å². The zero-order valence-electron chi connectivity index (χ0n) is 30.5. The van der Waals surface area contributed by atoms with E-state index in [4.69, 9.17) is 9.26 Å². The largest absolute Gasteiger partial charge is 0.491 e. The van der Waals surface area contributed by atoms with Crippen LogP contribution in [0.5, 0.6) is 5.75 Å². The molecular formula is C39H50N6O7. The Hall–Kier alpha value is -5.20. The zero-order valence-corrected chi connectivity index (χ0v) is 30.5. The van der Waals surface area contributed by atoms with Crippen LogP contribution in [0.2, 0.25) is 0 Å². The van der Waals surface area contributed by atoms with E-state index >= 15 is 0 Å². The first-order chi connectivity index (χ1) is 24.8. The molecule has 3 heterocycles. The average Bonchev–Trinajstić information content (AvgIpc) is 3.82. The van der Waals surface area contributed by atoms with Crippen molar-refractivity contribution in [3.8, 4) is 5.75 Å². The van der Waals surface area contributed by atoms with Crippen LogP contribution in [0, 0.1) is 19.8 Å². The van der Waals surface area contributed by atoms with Crippen molar-refractivity contribution in [2.75, 3.05) is 6.61 Å². The second kappa shape index (κ2) is 16.9. The van der Waals surface area contributed by atoms with Crippen molar-refractivity contribution < 1.29 is 33.2 Å². The average molecular weight is 715 g/mol. The van der Waals surface area contributed by atoms with Crippen molar-refractivity contribution in [2.24, 2.45) is 5.92 Å². The van der Waals surface area contributed by atoms with Crippen LogP contribution in [0.3, 0.4) is 0 Å². The van der Waals surface area contributed by atoms with E-state index in [-0.39, 0.29) is 49.6 Å². The van der Waals surface area contributed by atoms with Crippen LogP contribution < -0.4 is 31.3 Å². The van der Waals surface area contributed by atoms with Gasteiger partial charge in [-0.1, -0.05) is 61.5 Å². The molecule has 3 aromatic rings. The van der Waals surface area contributed by atoms with Crippen LogP contribution in [0.25, 0.3) is 0 Å². The third-order valence-corrected chi connectivity index (χ3v) is 9.56. The maximum absolute atomic E-state index is 13.8. The molecule has 5 amide bonds. The SMILES string of the molecule is Cc1noc(C)c1CCC(=O)N[C@H]1Cc2ccc(cc2)OC[C@H](CC(C)C)NC(=O)[C@@H](Cc2ccccc2)NC(=O)C2(CC2)NC(=O)[C@@H](C)NC1=O. The Morgan fingerprint density at radius 1 is 0.942 bits per heavy atom. The number of benzene rings is 2. The lowest BCUT2D eigenvalue weighted by molar-refractivity contribution is -0.135. The monoisotopic (exact) mass is 714 g/mol. The lowest BCUT2D eigenvalue weighted by atomic mass is 10.0. The summed E-state index contributed by atoms with van der Waals surface area (Å²) in [7, 11) is 0. The minimum Gasteiger partial charge on any atom is -0.491 e. The van der Waals surface area contributed by atoms with Gasteiger partial charge in [0.05, 0.1) is 11.7 Å². The maximum Gasteiger partial charge on any atom is 0.246 e. The number of aryl methyl sites for hydroxylation is 2. The summed E-state index contributed by atoms with van der Waals surface area (Å²) in [5.41, 5.74) is 1.97. The van der Waals surface area contributed by atoms with Gasteiger partial charge in [0, 0.05) is 24.8 Å². The molecule has 1 spiro atoms. The van der Waals surface area contributed by atoms with Gasteiger partial charge in [-0.15, -0.1) is 0 Å². The van der Waals surface area contributed by atoms with Crippen molar-refractivity contribution in [1.29, 1.82) is 0 Å². The van der Waals surface area contributed by atoms with Gasteiger partial charge in [-0.25, -0.2) is 0 Å². The highest BCUT2D eigenvalue weighted by Gasteiger charge is 2.52. The smallest absolute Gasteiger partial charge is 0.246 e. The minimum absolute atomic E-state index is 0.104. The summed E-state index contributed by atoms with van der Waals surface area (Å²) in [6, 6.07) is 13.3. The number of hydrogen-bond acceptors (Lipinski definition) is 8. The van der Waals surface area contributed by atoms with Gasteiger partial charge in [-0.2, -0.15) is 0 Å². The van der Waals surface area contributed by atoms with Gasteiger partial charge >= 0.3 is 0 Å². The first-order valence-corrected chi connectivity index (χ1v) is 18.0. The summed E-state index contributed by atoms with van der Waals surface area (Å²) in [5, 5.41) is 18.4. The van der Waals surface area contributed by atoms with Crippen molar-refractivity contribution in [3.05, 3.63) is 82.7 Å². The summed E-state index contributed by atoms with van der Waals surface area (Å²) in [6.45, 7) is 9.43. The molecule has 2 bridgehead atoms. The second-order valence-corrected chi connectivity index (χ2v) is 14.4. The van der Waals surface area contributed by atoms with Crippen LogP contribution >= 0.6 is 0 Å². The first-order valence-electron chi connectivity index (χ1n) is 18.0. The van der Waals surface area contributed by atoms with E-state index in [1.807, 2.05) is 49.4 Å². The molecule has 0 unspecified atom stereocenters. The van der Waals surface area contributed by atoms with E-state index in [9.17, 15) is 24.0 Å². The Balaban J connectivity index is 1.38. The number of ether oxygens (including phenoxy) is 1. The quantitative estimate of drug-likeness (QED) is 0.221. The molecule has 1 fully saturated rings. The standard InChI is InChI=1S/C39H50N6O7/c1-23(2)19-29-22-51-30-13-11-28(12-14-30)21-32(42-34(46)16-15-31-24(3)45-52-26(31)5)36(48)40-25(4)35(47)44-39(17-18-39)38(50)43-33(37(49)41-29)20-27-9-7-6-8-10-27/h6-14,23,25,29,32-33H,15-22H2,1-5H3,(H,40,48)(H,41,49)(H,42,46)(H,43,50)(H,44,47)/t25-,29+,32+,33-/m1/s1. The molecule has 13 heteroatoms. The van der Waals surface area contributed by atoms with Crippen LogP contribution in [-0.2, 0) is 43.2 Å². The van der Waals surface area contributed by atoms with Gasteiger partial charge in [0.2, 0.25) is 29.5 Å². The third kappa shape index (κ3) is 10.2. The molecule has 3 aliphatic rings. The topological polar surface area (TPSA) is 181 Å². The highest BCUT2D eigenvalue weighted by atomic mass is 16.5. The normalized spacial score (nSPS) is 22.5. The highest BCUT2D eigenvalue weighted by Crippen LogP contribution is 2.36. The number of aromatic nitrogens is 1. The predicted octanol–water partition coefficient (Wildman–Crippen LogP) is 2.76. The molecule has 5 N–H and O–H groups in total. The molecule has 1 aliphatic carbocycles. The number of fused-ring (bicyclic) bond motifs is 15. The molecule has 52 heavy (non-hydrogen) atoms. The fraction of sp³-hybridized carbons (Fsp3) is 0.487. The van der Waals surface area contributed by atoms with Crippen LogP contribution in [0.15, 0.2) is 59.1 Å². The van der Waals surface area contributed by atoms with E-state index in [1.54, 1.807) is 19.1 Å². The van der Waals surface area contributed by atoms with Gasteiger partial charge in [-0.05, 0) is 75.6 Å². The number of carbonyl (C=O) groups is 5. The zero-order chi connectivity index (χ0) is 37.4. The van der Waals surface area contributed by atoms with E-state index in [1.165, 1.54) is 6.92 Å². The Morgan fingerprint density at radius 2 is 1.65 bits per heavy atom. The van der Waals surface area contributed by atoms with E-state index < -0.39 is 41.4 Å². The molecule has 13 nitrogen and oxygen atoms in total. The molecular weight excluding hydrogens is 664 g/mol. The summed E-state index contributed by atoms with van der Waals surface area (Å²) in [6.07, 6.45) is 2.30. The number of nitrogens with one attached hydrogen (secondary N) is 5. The fourth-order valence-corrected chi connectivity index (χ4v) is 6.38. The highest BCUT2D eigenvalue weighted by molar-refractivity contribution is 5.99. The minimum atomic E-state index is -1.21. The number of rotatable bonds is 8. The van der Waals surface area contributed by atoms with Crippen molar-refractivity contribution >= 4 is 29.5 Å². The lowest BCUT2D eigenvalue weighted by Gasteiger charge is -2.27. The Morgan fingerprint density at radius 3 is 2.29 bits per heavy atom. The van der Waals surface area contributed by atoms with Gasteiger partial charge in [0.15, 0.2) is 0 Å². The molecule has 4 atom stereocenters. The number of nitrogens with zero attached hydrogens (tertiary/aromatic N) is 1. The van der Waals surface area contributed by atoms with Gasteiger partial charge in [0.25, 0.3) is 0 Å². The Bertz CT molecular complexity index is 1720. The van der Waals surface area contributed by atoms with Crippen LogP contribution in [0.1, 0.15) is 74.6 Å². The van der Waals surface area contributed by atoms with Gasteiger partial charge in [0.1, 0.15) is 41.8 Å². The summed E-state index contributed by atoms with van der Waals surface area (Å²) in [4.78, 5) is 67.8. The van der Waals surface area contributed by atoms with E-state index in [2.05, 4.69) is 45.6 Å². The molecule has 2 aliphatic heterocycles. The Kier molecular flexibility index (Phi) is 12.3. The summed E-state index contributed by atoms with van der Waals surface area (Å²) in [5.74, 6) is -0.805. The molecule has 1 aromatic heterocycles. The number of hydrogen-bond donors (Lipinski definition) is 5. The van der Waals surface area contributed by atoms with Gasteiger partial charge < -0.3 is 35.8 Å². The predicted molar refractivity (Wildman–Crippen MR) is 193 cm³/mol. The first kappa shape index (κ1) is 38.0. The summed E-state index contributed by atoms with van der Waals surface area (Å²) < 4.78 is 11.3. The van der Waals surface area contributed by atoms with Crippen molar-refractivity contribution in [3.63, 3.8) is 0 Å². The molecule has 1 saturated carbocycles. The second-order valence-electron chi connectivity index (χ2n) is 14.4. The molecule has 0 saturated heterocycles. The fourth-order valence-electron chi connectivity index (χ4n) is 6.38. The maximum atomic E-state index is 13.8. The van der Waals surface area contributed by atoms with E-state index in [0.29, 0.717) is 42.9 Å².